The molecule has 0 aromatic heterocycles. The van der Waals surface area contributed by atoms with E-state index in [0.29, 0.717) is 13.0 Å². The van der Waals surface area contributed by atoms with Crippen molar-refractivity contribution in [1.82, 2.24) is 5.32 Å². The van der Waals surface area contributed by atoms with E-state index in [9.17, 15) is 9.59 Å². The molecule has 1 saturated heterocycles. The van der Waals surface area contributed by atoms with Crippen molar-refractivity contribution in [3.8, 4) is 0 Å². The van der Waals surface area contributed by atoms with Crippen LogP contribution < -0.4 is 5.32 Å². The SMILES string of the molecule is COC(=O)C1CC(OC(=O)C2CC2)CN1.Cl. The number of hydrogen-bond donors (Lipinski definition) is 1. The van der Waals surface area contributed by atoms with Gasteiger partial charge in [0.2, 0.25) is 0 Å². The second kappa shape index (κ2) is 5.50. The highest BCUT2D eigenvalue weighted by atomic mass is 35.5. The van der Waals surface area contributed by atoms with Crippen molar-refractivity contribution in [2.75, 3.05) is 13.7 Å². The average molecular weight is 250 g/mol. The molecule has 2 rings (SSSR count). The maximum Gasteiger partial charge on any atom is 0.323 e. The summed E-state index contributed by atoms with van der Waals surface area (Å²) in [6.45, 7) is 0.540. The largest absolute Gasteiger partial charge is 0.468 e. The molecule has 0 amide bonds. The number of carbonyl (C=O) groups is 2. The Morgan fingerprint density at radius 3 is 2.50 bits per heavy atom. The molecule has 1 N–H and O–H groups in total. The van der Waals surface area contributed by atoms with Gasteiger partial charge >= 0.3 is 11.9 Å². The lowest BCUT2D eigenvalue weighted by molar-refractivity contribution is -0.151. The van der Waals surface area contributed by atoms with Gasteiger partial charge in [0.1, 0.15) is 12.1 Å². The van der Waals surface area contributed by atoms with E-state index in [2.05, 4.69) is 10.1 Å². The summed E-state index contributed by atoms with van der Waals surface area (Å²) < 4.78 is 9.86. The fourth-order valence-electron chi connectivity index (χ4n) is 1.69. The minimum Gasteiger partial charge on any atom is -0.468 e. The number of hydrogen-bond acceptors (Lipinski definition) is 5. The van der Waals surface area contributed by atoms with Crippen molar-refractivity contribution >= 4 is 24.3 Å². The fraction of sp³-hybridized carbons (Fsp3) is 0.800. The van der Waals surface area contributed by atoms with Crippen LogP contribution in [0.1, 0.15) is 19.3 Å². The maximum atomic E-state index is 11.3. The quantitative estimate of drug-likeness (QED) is 0.727. The summed E-state index contributed by atoms with van der Waals surface area (Å²) in [7, 11) is 1.35. The molecule has 1 saturated carbocycles. The molecule has 0 aromatic rings. The first-order valence-corrected chi connectivity index (χ1v) is 5.22. The lowest BCUT2D eigenvalue weighted by atomic mass is 10.2. The predicted octanol–water partition coefficient (Wildman–Crippen LogP) is 0.265. The molecule has 0 bridgehead atoms. The van der Waals surface area contributed by atoms with Crippen LogP contribution in [0.25, 0.3) is 0 Å². The first-order chi connectivity index (χ1) is 7.20. The number of esters is 2. The van der Waals surface area contributed by atoms with Gasteiger partial charge in [0.25, 0.3) is 0 Å². The van der Waals surface area contributed by atoms with Crippen LogP contribution in [0, 0.1) is 5.92 Å². The number of nitrogens with one attached hydrogen (secondary N) is 1. The molecule has 0 spiro atoms. The summed E-state index contributed by atoms with van der Waals surface area (Å²) >= 11 is 0. The predicted molar refractivity (Wildman–Crippen MR) is 58.3 cm³/mol. The van der Waals surface area contributed by atoms with Crippen LogP contribution in [0.2, 0.25) is 0 Å². The normalized spacial score (nSPS) is 28.1. The topological polar surface area (TPSA) is 64.6 Å². The Hall–Kier alpha value is -0.810. The zero-order valence-electron chi connectivity index (χ0n) is 9.10. The Morgan fingerprint density at radius 2 is 1.94 bits per heavy atom. The van der Waals surface area contributed by atoms with E-state index in [1.165, 1.54) is 7.11 Å². The van der Waals surface area contributed by atoms with Gasteiger partial charge in [-0.05, 0) is 12.8 Å². The highest BCUT2D eigenvalue weighted by Crippen LogP contribution is 2.31. The third-order valence-corrected chi connectivity index (χ3v) is 2.77. The molecule has 0 aromatic carbocycles. The van der Waals surface area contributed by atoms with Crippen molar-refractivity contribution in [2.45, 2.75) is 31.4 Å². The Bertz CT molecular complexity index is 280. The summed E-state index contributed by atoms with van der Waals surface area (Å²) in [5.41, 5.74) is 0. The van der Waals surface area contributed by atoms with Gasteiger partial charge in [-0.2, -0.15) is 0 Å². The van der Waals surface area contributed by atoms with Crippen LogP contribution in [0.4, 0.5) is 0 Å². The molecule has 1 aliphatic carbocycles. The number of carbonyl (C=O) groups excluding carboxylic acids is 2. The molecule has 92 valence electrons. The summed E-state index contributed by atoms with van der Waals surface area (Å²) in [6.07, 6.45) is 2.23. The monoisotopic (exact) mass is 249 g/mol. The zero-order chi connectivity index (χ0) is 10.8. The van der Waals surface area contributed by atoms with E-state index >= 15 is 0 Å². The third-order valence-electron chi connectivity index (χ3n) is 2.77. The van der Waals surface area contributed by atoms with Gasteiger partial charge in [0, 0.05) is 13.0 Å². The first kappa shape index (κ1) is 13.3. The van der Waals surface area contributed by atoms with Crippen molar-refractivity contribution in [1.29, 1.82) is 0 Å². The van der Waals surface area contributed by atoms with Crippen LogP contribution in [-0.2, 0) is 19.1 Å². The van der Waals surface area contributed by atoms with Gasteiger partial charge in [0.15, 0.2) is 0 Å². The highest BCUT2D eigenvalue weighted by molar-refractivity contribution is 5.85. The second-order valence-electron chi connectivity index (χ2n) is 4.05. The van der Waals surface area contributed by atoms with Crippen molar-refractivity contribution in [2.24, 2.45) is 5.92 Å². The molecule has 1 heterocycles. The van der Waals surface area contributed by atoms with Crippen LogP contribution in [-0.4, -0.2) is 37.7 Å². The van der Waals surface area contributed by atoms with Gasteiger partial charge in [-0.15, -0.1) is 12.4 Å². The molecule has 2 fully saturated rings. The molecular formula is C10H16ClNO4. The minimum atomic E-state index is -0.327. The van der Waals surface area contributed by atoms with E-state index in [-0.39, 0.29) is 42.4 Å². The number of rotatable bonds is 3. The van der Waals surface area contributed by atoms with Gasteiger partial charge in [-0.25, -0.2) is 0 Å². The molecule has 16 heavy (non-hydrogen) atoms. The van der Waals surface area contributed by atoms with Crippen molar-refractivity contribution in [3.63, 3.8) is 0 Å². The van der Waals surface area contributed by atoms with Crippen LogP contribution >= 0.6 is 12.4 Å². The standard InChI is InChI=1S/C10H15NO4.ClH/c1-14-10(13)8-4-7(5-11-8)15-9(12)6-2-3-6;/h6-8,11H,2-5H2,1H3;1H. The van der Waals surface area contributed by atoms with E-state index in [1.807, 2.05) is 0 Å². The van der Waals surface area contributed by atoms with Gasteiger partial charge in [0.05, 0.1) is 13.0 Å². The Morgan fingerprint density at radius 1 is 1.25 bits per heavy atom. The second-order valence-corrected chi connectivity index (χ2v) is 4.05. The first-order valence-electron chi connectivity index (χ1n) is 5.22. The number of ether oxygens (including phenoxy) is 2. The van der Waals surface area contributed by atoms with E-state index in [4.69, 9.17) is 4.74 Å². The Balaban J connectivity index is 0.00000128. The maximum absolute atomic E-state index is 11.3. The molecule has 2 aliphatic rings. The molecule has 6 heteroatoms. The zero-order valence-corrected chi connectivity index (χ0v) is 9.92. The average Bonchev–Trinajstić information content (AvgIpc) is 2.99. The number of halogens is 1. The van der Waals surface area contributed by atoms with E-state index < -0.39 is 0 Å². The van der Waals surface area contributed by atoms with Gasteiger partial charge in [-0.1, -0.05) is 0 Å². The Labute approximate surface area is 100 Å². The Kier molecular flexibility index (Phi) is 4.56. The highest BCUT2D eigenvalue weighted by Gasteiger charge is 2.36. The summed E-state index contributed by atoms with van der Waals surface area (Å²) in [6, 6.07) is -0.327. The lowest BCUT2D eigenvalue weighted by Gasteiger charge is -2.10. The molecule has 5 nitrogen and oxygen atoms in total. The van der Waals surface area contributed by atoms with E-state index in [0.717, 1.165) is 12.8 Å². The van der Waals surface area contributed by atoms with Gasteiger partial charge < -0.3 is 14.8 Å². The van der Waals surface area contributed by atoms with Crippen LogP contribution in [0.3, 0.4) is 0 Å². The lowest BCUT2D eigenvalue weighted by Crippen LogP contribution is -2.31. The smallest absolute Gasteiger partial charge is 0.323 e. The summed E-state index contributed by atoms with van der Waals surface area (Å²) in [5, 5.41) is 2.97. The molecule has 0 radical (unpaired) electrons. The van der Waals surface area contributed by atoms with Crippen molar-refractivity contribution < 1.29 is 19.1 Å². The molecule has 2 unspecified atom stereocenters. The number of methoxy groups -OCH3 is 1. The third kappa shape index (κ3) is 3.09. The van der Waals surface area contributed by atoms with Gasteiger partial charge in [-0.3, -0.25) is 9.59 Å². The summed E-state index contributed by atoms with van der Waals surface area (Å²) in [4.78, 5) is 22.5. The van der Waals surface area contributed by atoms with E-state index in [1.54, 1.807) is 0 Å². The molecular weight excluding hydrogens is 234 g/mol. The fourth-order valence-corrected chi connectivity index (χ4v) is 1.69. The van der Waals surface area contributed by atoms with Crippen LogP contribution in [0.15, 0.2) is 0 Å². The molecule has 2 atom stereocenters. The van der Waals surface area contributed by atoms with Crippen LogP contribution in [0.5, 0.6) is 0 Å². The van der Waals surface area contributed by atoms with Crippen molar-refractivity contribution in [3.05, 3.63) is 0 Å². The summed E-state index contributed by atoms with van der Waals surface area (Å²) in [5.74, 6) is -0.297. The minimum absolute atomic E-state index is 0. The molecule has 1 aliphatic heterocycles.